The van der Waals surface area contributed by atoms with E-state index in [0.29, 0.717) is 6.61 Å². The van der Waals surface area contributed by atoms with Crippen LogP contribution in [0.4, 0.5) is 10.1 Å². The molecule has 1 unspecified atom stereocenters. The van der Waals surface area contributed by atoms with E-state index in [1.54, 1.807) is 6.92 Å². The van der Waals surface area contributed by atoms with Gasteiger partial charge in [-0.25, -0.2) is 12.8 Å². The summed E-state index contributed by atoms with van der Waals surface area (Å²) in [5, 5.41) is 0. The van der Waals surface area contributed by atoms with Gasteiger partial charge in [0, 0.05) is 13.1 Å². The minimum absolute atomic E-state index is 0.0655. The second-order valence-corrected chi connectivity index (χ2v) is 6.17. The third-order valence-corrected chi connectivity index (χ3v) is 4.67. The fourth-order valence-corrected chi connectivity index (χ4v) is 3.33. The Morgan fingerprint density at radius 3 is 2.83 bits per heavy atom. The lowest BCUT2D eigenvalue weighted by molar-refractivity contribution is 0.0102. The van der Waals surface area contributed by atoms with Gasteiger partial charge in [0.15, 0.2) is 0 Å². The average molecular weight is 274 g/mol. The normalized spacial score (nSPS) is 22.0. The molecule has 1 aromatic carbocycles. The Bertz CT molecular complexity index is 547. The molecule has 0 bridgehead atoms. The number of nitrogens with zero attached hydrogens (tertiary/aromatic N) is 1. The molecule has 0 spiro atoms. The Morgan fingerprint density at radius 1 is 1.50 bits per heavy atom. The van der Waals surface area contributed by atoms with Crippen LogP contribution in [0.1, 0.15) is 6.92 Å². The highest BCUT2D eigenvalue weighted by atomic mass is 32.2. The zero-order valence-corrected chi connectivity index (χ0v) is 10.8. The van der Waals surface area contributed by atoms with Crippen molar-refractivity contribution < 1.29 is 17.5 Å². The Labute approximate surface area is 105 Å². The smallest absolute Gasteiger partial charge is 0.243 e. The van der Waals surface area contributed by atoms with Crippen molar-refractivity contribution in [2.24, 2.45) is 0 Å². The maximum Gasteiger partial charge on any atom is 0.243 e. The Balaban J connectivity index is 2.32. The highest BCUT2D eigenvalue weighted by Gasteiger charge is 2.29. The summed E-state index contributed by atoms with van der Waals surface area (Å²) in [5.41, 5.74) is 5.26. The molecule has 0 aromatic heterocycles. The molecule has 7 heteroatoms. The van der Waals surface area contributed by atoms with Gasteiger partial charge in [-0.2, -0.15) is 4.31 Å². The number of nitrogens with two attached hydrogens (primary N) is 1. The molecular weight excluding hydrogens is 259 g/mol. The summed E-state index contributed by atoms with van der Waals surface area (Å²) < 4.78 is 44.4. The number of hydrogen-bond donors (Lipinski definition) is 1. The Morgan fingerprint density at radius 2 is 2.22 bits per heavy atom. The first-order chi connectivity index (χ1) is 8.41. The molecule has 0 saturated carbocycles. The molecule has 1 atom stereocenters. The van der Waals surface area contributed by atoms with Crippen LogP contribution in [0, 0.1) is 5.82 Å². The number of sulfonamides is 1. The van der Waals surface area contributed by atoms with Crippen molar-refractivity contribution in [2.45, 2.75) is 17.9 Å². The summed E-state index contributed by atoms with van der Waals surface area (Å²) in [6, 6.07) is 3.52. The van der Waals surface area contributed by atoms with Gasteiger partial charge < -0.3 is 10.5 Å². The van der Waals surface area contributed by atoms with Crippen LogP contribution in [0.5, 0.6) is 0 Å². The van der Waals surface area contributed by atoms with Crippen molar-refractivity contribution in [3.05, 3.63) is 24.0 Å². The zero-order valence-electron chi connectivity index (χ0n) is 9.97. The van der Waals surface area contributed by atoms with Gasteiger partial charge in [0.2, 0.25) is 10.0 Å². The molecule has 0 radical (unpaired) electrons. The SMILES string of the molecule is CC1CN(S(=O)(=O)c2ccc(N)c(F)c2)CCO1. The molecule has 1 heterocycles. The van der Waals surface area contributed by atoms with Gasteiger partial charge in [0.05, 0.1) is 23.3 Å². The lowest BCUT2D eigenvalue weighted by Crippen LogP contribution is -2.44. The predicted octanol–water partition coefficient (Wildman–Crippen LogP) is 0.817. The molecule has 1 aromatic rings. The van der Waals surface area contributed by atoms with E-state index in [4.69, 9.17) is 10.5 Å². The number of nitrogen functional groups attached to an aromatic ring is 1. The minimum atomic E-state index is -3.68. The third-order valence-electron chi connectivity index (χ3n) is 2.81. The van der Waals surface area contributed by atoms with Crippen molar-refractivity contribution in [3.63, 3.8) is 0 Å². The van der Waals surface area contributed by atoms with Crippen molar-refractivity contribution in [1.82, 2.24) is 4.31 Å². The van der Waals surface area contributed by atoms with Crippen LogP contribution in [0.15, 0.2) is 23.1 Å². The minimum Gasteiger partial charge on any atom is -0.396 e. The second kappa shape index (κ2) is 4.83. The first kappa shape index (κ1) is 13.3. The van der Waals surface area contributed by atoms with Crippen LogP contribution < -0.4 is 5.73 Å². The van der Waals surface area contributed by atoms with E-state index in [-0.39, 0.29) is 29.8 Å². The number of halogens is 1. The number of rotatable bonds is 2. The first-order valence-electron chi connectivity index (χ1n) is 5.58. The number of hydrogen-bond acceptors (Lipinski definition) is 4. The van der Waals surface area contributed by atoms with Crippen LogP contribution in [0.3, 0.4) is 0 Å². The first-order valence-corrected chi connectivity index (χ1v) is 7.02. The molecule has 0 aliphatic carbocycles. The summed E-state index contributed by atoms with van der Waals surface area (Å²) in [6.45, 7) is 2.69. The van der Waals surface area contributed by atoms with E-state index in [1.165, 1.54) is 16.4 Å². The fourth-order valence-electron chi connectivity index (χ4n) is 1.82. The highest BCUT2D eigenvalue weighted by Crippen LogP contribution is 2.21. The van der Waals surface area contributed by atoms with Crippen molar-refractivity contribution >= 4 is 15.7 Å². The highest BCUT2D eigenvalue weighted by molar-refractivity contribution is 7.89. The zero-order chi connectivity index (χ0) is 13.3. The maximum absolute atomic E-state index is 13.3. The maximum atomic E-state index is 13.3. The molecule has 1 aliphatic rings. The monoisotopic (exact) mass is 274 g/mol. The van der Waals surface area contributed by atoms with Crippen LogP contribution in [-0.2, 0) is 14.8 Å². The van der Waals surface area contributed by atoms with Gasteiger partial charge in [-0.3, -0.25) is 0 Å². The molecule has 100 valence electrons. The summed E-state index contributed by atoms with van der Waals surface area (Å²) in [5.74, 6) is -0.725. The largest absolute Gasteiger partial charge is 0.396 e. The fraction of sp³-hybridized carbons (Fsp3) is 0.455. The van der Waals surface area contributed by atoms with E-state index in [1.807, 2.05) is 0 Å². The van der Waals surface area contributed by atoms with Crippen LogP contribution in [0.2, 0.25) is 0 Å². The number of morpholine rings is 1. The Hall–Kier alpha value is -1.18. The quantitative estimate of drug-likeness (QED) is 0.810. The van der Waals surface area contributed by atoms with Gasteiger partial charge in [-0.05, 0) is 25.1 Å². The summed E-state index contributed by atoms with van der Waals surface area (Å²) in [7, 11) is -3.68. The summed E-state index contributed by atoms with van der Waals surface area (Å²) in [4.78, 5) is -0.0803. The van der Waals surface area contributed by atoms with Crippen LogP contribution >= 0.6 is 0 Å². The van der Waals surface area contributed by atoms with Crippen molar-refractivity contribution in [1.29, 1.82) is 0 Å². The number of anilines is 1. The van der Waals surface area contributed by atoms with E-state index in [9.17, 15) is 12.8 Å². The number of benzene rings is 1. The molecule has 1 fully saturated rings. The van der Waals surface area contributed by atoms with Crippen LogP contribution in [-0.4, -0.2) is 38.5 Å². The van der Waals surface area contributed by atoms with Gasteiger partial charge >= 0.3 is 0 Å². The van der Waals surface area contributed by atoms with E-state index in [2.05, 4.69) is 0 Å². The Kier molecular flexibility index (Phi) is 3.56. The van der Waals surface area contributed by atoms with Crippen LogP contribution in [0.25, 0.3) is 0 Å². The second-order valence-electron chi connectivity index (χ2n) is 4.23. The van der Waals surface area contributed by atoms with Gasteiger partial charge in [0.1, 0.15) is 5.82 Å². The topological polar surface area (TPSA) is 72.6 Å². The summed E-state index contributed by atoms with van der Waals surface area (Å²) in [6.07, 6.45) is -0.160. The molecule has 2 N–H and O–H groups in total. The molecular formula is C11H15FN2O3S. The molecule has 0 amide bonds. The third kappa shape index (κ3) is 2.47. The van der Waals surface area contributed by atoms with Crippen molar-refractivity contribution in [3.8, 4) is 0 Å². The number of ether oxygens (including phenoxy) is 1. The van der Waals surface area contributed by atoms with Crippen molar-refractivity contribution in [2.75, 3.05) is 25.4 Å². The lowest BCUT2D eigenvalue weighted by Gasteiger charge is -2.30. The molecule has 2 rings (SSSR count). The summed E-state index contributed by atoms with van der Waals surface area (Å²) >= 11 is 0. The van der Waals surface area contributed by atoms with E-state index in [0.717, 1.165) is 6.07 Å². The molecule has 1 aliphatic heterocycles. The standard InChI is InChI=1S/C11H15FN2O3S/c1-8-7-14(4-5-17-8)18(15,16)9-2-3-11(13)10(12)6-9/h2-3,6,8H,4-5,7,13H2,1H3. The van der Waals surface area contributed by atoms with Gasteiger partial charge in [-0.15, -0.1) is 0 Å². The molecule has 5 nitrogen and oxygen atoms in total. The average Bonchev–Trinajstić information content (AvgIpc) is 2.32. The molecule has 1 saturated heterocycles. The van der Waals surface area contributed by atoms with Gasteiger partial charge in [-0.1, -0.05) is 0 Å². The predicted molar refractivity (Wildman–Crippen MR) is 65.0 cm³/mol. The van der Waals surface area contributed by atoms with Gasteiger partial charge in [0.25, 0.3) is 0 Å². The van der Waals surface area contributed by atoms with E-state index >= 15 is 0 Å². The molecule has 18 heavy (non-hydrogen) atoms. The lowest BCUT2D eigenvalue weighted by atomic mass is 10.3. The van der Waals surface area contributed by atoms with E-state index < -0.39 is 15.8 Å².